The van der Waals surface area contributed by atoms with E-state index in [-0.39, 0.29) is 22.5 Å². The summed E-state index contributed by atoms with van der Waals surface area (Å²) < 4.78 is 40.8. The molecule has 0 N–H and O–H groups in total. The van der Waals surface area contributed by atoms with Crippen molar-refractivity contribution < 1.29 is 17.6 Å². The number of nitrogens with zero attached hydrogens (tertiary/aromatic N) is 2. The van der Waals surface area contributed by atoms with Crippen LogP contribution in [0.4, 0.5) is 10.1 Å². The molecular formula is C19H20BrFN2O3S. The smallest absolute Gasteiger partial charge is 0.243 e. The quantitative estimate of drug-likeness (QED) is 0.708. The molecule has 0 unspecified atom stereocenters. The summed E-state index contributed by atoms with van der Waals surface area (Å²) in [4.78, 5) is 14.5. The van der Waals surface area contributed by atoms with Gasteiger partial charge in [-0.15, -0.1) is 0 Å². The molecule has 0 aliphatic carbocycles. The highest BCUT2D eigenvalue weighted by Gasteiger charge is 2.33. The van der Waals surface area contributed by atoms with Crippen LogP contribution in [0.25, 0.3) is 0 Å². The van der Waals surface area contributed by atoms with Crippen LogP contribution in [0.15, 0.2) is 57.9 Å². The molecule has 2 aromatic rings. The van der Waals surface area contributed by atoms with E-state index in [0.29, 0.717) is 31.6 Å². The summed E-state index contributed by atoms with van der Waals surface area (Å²) in [7, 11) is -1.91. The molecule has 27 heavy (non-hydrogen) atoms. The van der Waals surface area contributed by atoms with Gasteiger partial charge in [0.25, 0.3) is 0 Å². The highest BCUT2D eigenvalue weighted by molar-refractivity contribution is 9.10. The lowest BCUT2D eigenvalue weighted by Crippen LogP contribution is -2.43. The largest absolute Gasteiger partial charge is 0.315 e. The molecule has 0 aromatic heterocycles. The van der Waals surface area contributed by atoms with Crippen LogP contribution >= 0.6 is 15.9 Å². The lowest BCUT2D eigenvalue weighted by molar-refractivity contribution is -0.123. The molecule has 0 bridgehead atoms. The number of halogens is 2. The van der Waals surface area contributed by atoms with E-state index in [9.17, 15) is 17.6 Å². The molecule has 8 heteroatoms. The van der Waals surface area contributed by atoms with Gasteiger partial charge in [-0.1, -0.05) is 15.9 Å². The number of sulfonamides is 1. The number of carbonyl (C=O) groups is 1. The fraction of sp³-hybridized carbons (Fsp3) is 0.316. The van der Waals surface area contributed by atoms with Crippen LogP contribution in [0.3, 0.4) is 0 Å². The first kappa shape index (κ1) is 20.0. The number of hydrogen-bond acceptors (Lipinski definition) is 3. The van der Waals surface area contributed by atoms with Crippen molar-refractivity contribution in [2.24, 2.45) is 5.92 Å². The van der Waals surface area contributed by atoms with Crippen LogP contribution in [-0.4, -0.2) is 38.8 Å². The van der Waals surface area contributed by atoms with Crippen molar-refractivity contribution in [2.75, 3.05) is 25.0 Å². The number of anilines is 1. The van der Waals surface area contributed by atoms with Crippen LogP contribution in [0.2, 0.25) is 0 Å². The first-order chi connectivity index (χ1) is 12.8. The molecule has 1 aliphatic rings. The van der Waals surface area contributed by atoms with E-state index in [1.54, 1.807) is 43.4 Å². The third-order valence-electron chi connectivity index (χ3n) is 4.80. The molecule has 2 aromatic carbocycles. The monoisotopic (exact) mass is 454 g/mol. The Morgan fingerprint density at radius 2 is 1.63 bits per heavy atom. The van der Waals surface area contributed by atoms with Gasteiger partial charge in [0.2, 0.25) is 15.9 Å². The van der Waals surface area contributed by atoms with E-state index < -0.39 is 10.0 Å². The fourth-order valence-corrected chi connectivity index (χ4v) is 4.90. The van der Waals surface area contributed by atoms with Gasteiger partial charge in [-0.3, -0.25) is 4.79 Å². The number of benzene rings is 2. The Kier molecular flexibility index (Phi) is 5.98. The van der Waals surface area contributed by atoms with Crippen LogP contribution in [0.5, 0.6) is 0 Å². The van der Waals surface area contributed by atoms with Gasteiger partial charge < -0.3 is 4.90 Å². The van der Waals surface area contributed by atoms with Crippen molar-refractivity contribution in [2.45, 2.75) is 17.7 Å². The summed E-state index contributed by atoms with van der Waals surface area (Å²) in [6.07, 6.45) is 0.917. The lowest BCUT2D eigenvalue weighted by Gasteiger charge is -2.32. The molecule has 1 saturated heterocycles. The molecule has 0 saturated carbocycles. The van der Waals surface area contributed by atoms with E-state index in [1.165, 1.54) is 21.3 Å². The molecule has 0 spiro atoms. The zero-order chi connectivity index (χ0) is 19.6. The highest BCUT2D eigenvalue weighted by Crippen LogP contribution is 2.27. The summed E-state index contributed by atoms with van der Waals surface area (Å²) in [5.41, 5.74) is 0.617. The second kappa shape index (κ2) is 8.08. The molecule has 1 aliphatic heterocycles. The van der Waals surface area contributed by atoms with Crippen LogP contribution in [0.1, 0.15) is 12.8 Å². The number of hydrogen-bond donors (Lipinski definition) is 0. The normalized spacial score (nSPS) is 16.3. The van der Waals surface area contributed by atoms with E-state index >= 15 is 0 Å². The second-order valence-corrected chi connectivity index (χ2v) is 9.36. The summed E-state index contributed by atoms with van der Waals surface area (Å²) in [6, 6.07) is 12.3. The van der Waals surface area contributed by atoms with Crippen molar-refractivity contribution in [1.82, 2.24) is 4.31 Å². The topological polar surface area (TPSA) is 57.7 Å². The minimum atomic E-state index is -3.56. The molecule has 1 heterocycles. The van der Waals surface area contributed by atoms with E-state index in [0.717, 1.165) is 4.47 Å². The molecule has 0 atom stereocenters. The molecule has 5 nitrogen and oxygen atoms in total. The van der Waals surface area contributed by atoms with Crippen molar-refractivity contribution in [3.8, 4) is 0 Å². The van der Waals surface area contributed by atoms with Gasteiger partial charge in [0, 0.05) is 36.2 Å². The number of carbonyl (C=O) groups excluding carboxylic acids is 1. The Hall–Kier alpha value is -1.77. The lowest BCUT2D eigenvalue weighted by atomic mass is 9.96. The standard InChI is InChI=1S/C19H20BrFN2O3S/c1-22(17-6-4-16(21)5-7-17)19(24)14-10-12-23(13-11-14)27(25,26)18-8-2-15(20)3-9-18/h2-9,14H,10-13H2,1H3. The Bertz CT molecular complexity index is 909. The van der Waals surface area contributed by atoms with E-state index in [4.69, 9.17) is 0 Å². The second-order valence-electron chi connectivity index (χ2n) is 6.51. The Balaban J connectivity index is 1.65. The average molecular weight is 455 g/mol. The predicted molar refractivity (Wildman–Crippen MR) is 105 cm³/mol. The van der Waals surface area contributed by atoms with Gasteiger partial charge >= 0.3 is 0 Å². The third kappa shape index (κ3) is 4.39. The van der Waals surface area contributed by atoms with Gasteiger partial charge in [-0.25, -0.2) is 12.8 Å². The SMILES string of the molecule is CN(C(=O)C1CCN(S(=O)(=O)c2ccc(Br)cc2)CC1)c1ccc(F)cc1. The van der Waals surface area contributed by atoms with Gasteiger partial charge in [0.1, 0.15) is 5.82 Å². The summed E-state index contributed by atoms with van der Waals surface area (Å²) in [6.45, 7) is 0.595. The van der Waals surface area contributed by atoms with Gasteiger partial charge in [0.05, 0.1) is 4.90 Å². The maximum absolute atomic E-state index is 13.1. The molecule has 1 amide bonds. The predicted octanol–water partition coefficient (Wildman–Crippen LogP) is 3.65. The highest BCUT2D eigenvalue weighted by atomic mass is 79.9. The fourth-order valence-electron chi connectivity index (χ4n) is 3.16. The van der Waals surface area contributed by atoms with Crippen LogP contribution in [-0.2, 0) is 14.8 Å². The van der Waals surface area contributed by atoms with Gasteiger partial charge in [0.15, 0.2) is 0 Å². The van der Waals surface area contributed by atoms with Crippen LogP contribution < -0.4 is 4.90 Å². The maximum Gasteiger partial charge on any atom is 0.243 e. The van der Waals surface area contributed by atoms with Crippen molar-refractivity contribution in [1.29, 1.82) is 0 Å². The Morgan fingerprint density at radius 3 is 2.19 bits per heavy atom. The zero-order valence-corrected chi connectivity index (χ0v) is 17.2. The van der Waals surface area contributed by atoms with E-state index in [2.05, 4.69) is 15.9 Å². The van der Waals surface area contributed by atoms with Gasteiger partial charge in [-0.2, -0.15) is 4.31 Å². The third-order valence-corrected chi connectivity index (χ3v) is 7.24. The summed E-state index contributed by atoms with van der Waals surface area (Å²) >= 11 is 3.30. The van der Waals surface area contributed by atoms with E-state index in [1.807, 2.05) is 0 Å². The Labute approximate surface area is 167 Å². The Morgan fingerprint density at radius 1 is 1.07 bits per heavy atom. The first-order valence-electron chi connectivity index (χ1n) is 8.58. The molecule has 1 fully saturated rings. The number of rotatable bonds is 4. The van der Waals surface area contributed by atoms with Crippen molar-refractivity contribution in [3.05, 3.63) is 58.8 Å². The van der Waals surface area contributed by atoms with Crippen LogP contribution in [0, 0.1) is 11.7 Å². The molecule has 0 radical (unpaired) electrons. The maximum atomic E-state index is 13.1. The average Bonchev–Trinajstić information content (AvgIpc) is 2.68. The summed E-state index contributed by atoms with van der Waals surface area (Å²) in [5.74, 6) is -0.690. The van der Waals surface area contributed by atoms with Crippen molar-refractivity contribution >= 4 is 37.5 Å². The number of amides is 1. The minimum Gasteiger partial charge on any atom is -0.315 e. The minimum absolute atomic E-state index is 0.0812. The summed E-state index contributed by atoms with van der Waals surface area (Å²) in [5, 5.41) is 0. The molecule has 144 valence electrons. The molecule has 3 rings (SSSR count). The zero-order valence-electron chi connectivity index (χ0n) is 14.8. The van der Waals surface area contributed by atoms with Gasteiger partial charge in [-0.05, 0) is 61.4 Å². The number of piperidine rings is 1. The van der Waals surface area contributed by atoms with Crippen molar-refractivity contribution in [3.63, 3.8) is 0 Å². The first-order valence-corrected chi connectivity index (χ1v) is 10.8. The molecular weight excluding hydrogens is 435 g/mol.